The number of carbonyl (C=O) groups is 3. The minimum absolute atomic E-state index is 0.0500. The van der Waals surface area contributed by atoms with Crippen molar-refractivity contribution in [2.45, 2.75) is 6.61 Å². The van der Waals surface area contributed by atoms with Crippen LogP contribution in [0.15, 0.2) is 53.0 Å². The monoisotopic (exact) mass is 405 g/mol. The maximum Gasteiger partial charge on any atom is 0.337 e. The molecule has 2 aromatic rings. The van der Waals surface area contributed by atoms with E-state index in [1.165, 1.54) is 7.11 Å². The Kier molecular flexibility index (Phi) is 6.71. The number of carbonyl (C=O) groups excluding carboxylic acids is 3. The van der Waals surface area contributed by atoms with Gasteiger partial charge in [0.15, 0.2) is 0 Å². The van der Waals surface area contributed by atoms with E-state index in [9.17, 15) is 14.4 Å². The fourth-order valence-corrected chi connectivity index (χ4v) is 2.19. The zero-order valence-corrected chi connectivity index (χ0v) is 15.0. The molecule has 2 rings (SSSR count). The SMILES string of the molecule is COC(=O)c1ccc(COC(=O)CNC(=O)c2ccc(Br)cc2)cc1. The van der Waals surface area contributed by atoms with E-state index in [1.54, 1.807) is 48.5 Å². The number of ether oxygens (including phenoxy) is 2. The van der Waals surface area contributed by atoms with Gasteiger partial charge in [0.25, 0.3) is 5.91 Å². The highest BCUT2D eigenvalue weighted by Crippen LogP contribution is 2.10. The van der Waals surface area contributed by atoms with Crippen molar-refractivity contribution in [1.29, 1.82) is 0 Å². The molecule has 0 atom stereocenters. The van der Waals surface area contributed by atoms with Crippen LogP contribution in [0, 0.1) is 0 Å². The molecule has 1 amide bonds. The predicted molar refractivity (Wildman–Crippen MR) is 94.1 cm³/mol. The van der Waals surface area contributed by atoms with Crippen molar-refractivity contribution < 1.29 is 23.9 Å². The summed E-state index contributed by atoms with van der Waals surface area (Å²) < 4.78 is 10.6. The van der Waals surface area contributed by atoms with E-state index in [1.807, 2.05) is 0 Å². The van der Waals surface area contributed by atoms with Crippen LogP contribution in [-0.4, -0.2) is 31.5 Å². The molecular formula is C18H16BrNO5. The van der Waals surface area contributed by atoms with Gasteiger partial charge in [-0.3, -0.25) is 9.59 Å². The minimum Gasteiger partial charge on any atom is -0.465 e. The molecule has 0 unspecified atom stereocenters. The lowest BCUT2D eigenvalue weighted by Crippen LogP contribution is -2.30. The Labute approximate surface area is 153 Å². The molecule has 0 radical (unpaired) electrons. The average molecular weight is 406 g/mol. The van der Waals surface area contributed by atoms with E-state index < -0.39 is 11.9 Å². The summed E-state index contributed by atoms with van der Waals surface area (Å²) in [4.78, 5) is 34.9. The highest BCUT2D eigenvalue weighted by molar-refractivity contribution is 9.10. The molecule has 0 aliphatic carbocycles. The van der Waals surface area contributed by atoms with Gasteiger partial charge in [-0.05, 0) is 42.0 Å². The van der Waals surface area contributed by atoms with Crippen LogP contribution < -0.4 is 5.32 Å². The second-order valence-corrected chi connectivity index (χ2v) is 5.95. The first-order valence-corrected chi connectivity index (χ1v) is 8.15. The van der Waals surface area contributed by atoms with E-state index in [-0.39, 0.29) is 19.1 Å². The highest BCUT2D eigenvalue weighted by Gasteiger charge is 2.09. The number of benzene rings is 2. The van der Waals surface area contributed by atoms with Crippen molar-refractivity contribution in [3.05, 3.63) is 69.7 Å². The zero-order valence-electron chi connectivity index (χ0n) is 13.5. The van der Waals surface area contributed by atoms with Crippen molar-refractivity contribution in [3.8, 4) is 0 Å². The quantitative estimate of drug-likeness (QED) is 0.747. The third-order valence-electron chi connectivity index (χ3n) is 3.27. The van der Waals surface area contributed by atoms with E-state index >= 15 is 0 Å². The number of hydrogen-bond donors (Lipinski definition) is 1. The summed E-state index contributed by atoms with van der Waals surface area (Å²) in [5, 5.41) is 2.50. The maximum absolute atomic E-state index is 11.9. The Balaban J connectivity index is 1.77. The van der Waals surface area contributed by atoms with E-state index in [2.05, 4.69) is 26.0 Å². The molecule has 25 heavy (non-hydrogen) atoms. The first kappa shape index (κ1) is 18.7. The summed E-state index contributed by atoms with van der Waals surface area (Å²) in [6, 6.07) is 13.3. The van der Waals surface area contributed by atoms with Gasteiger partial charge in [0.05, 0.1) is 12.7 Å². The summed E-state index contributed by atoms with van der Waals surface area (Å²) in [6.45, 7) is -0.177. The lowest BCUT2D eigenvalue weighted by molar-refractivity contribution is -0.143. The molecule has 0 aliphatic rings. The Morgan fingerprint density at radius 1 is 0.960 bits per heavy atom. The van der Waals surface area contributed by atoms with Gasteiger partial charge < -0.3 is 14.8 Å². The molecule has 0 spiro atoms. The molecule has 1 N–H and O–H groups in total. The fraction of sp³-hybridized carbons (Fsp3) is 0.167. The van der Waals surface area contributed by atoms with Crippen molar-refractivity contribution >= 4 is 33.8 Å². The van der Waals surface area contributed by atoms with Crippen LogP contribution in [0.1, 0.15) is 26.3 Å². The Bertz CT molecular complexity index is 756. The van der Waals surface area contributed by atoms with Crippen LogP contribution in [0.4, 0.5) is 0 Å². The van der Waals surface area contributed by atoms with Gasteiger partial charge in [0.2, 0.25) is 0 Å². The number of hydrogen-bond acceptors (Lipinski definition) is 5. The molecule has 0 aromatic heterocycles. The number of rotatable bonds is 6. The Morgan fingerprint density at radius 2 is 1.56 bits per heavy atom. The van der Waals surface area contributed by atoms with Gasteiger partial charge in [0, 0.05) is 10.0 Å². The van der Waals surface area contributed by atoms with Gasteiger partial charge in [-0.25, -0.2) is 4.79 Å². The standard InChI is InChI=1S/C18H16BrNO5/c1-24-18(23)14-4-2-12(3-5-14)11-25-16(21)10-20-17(22)13-6-8-15(19)9-7-13/h2-9H,10-11H2,1H3,(H,20,22). The van der Waals surface area contributed by atoms with E-state index in [0.29, 0.717) is 11.1 Å². The minimum atomic E-state index is -0.553. The second kappa shape index (κ2) is 8.98. The summed E-state index contributed by atoms with van der Waals surface area (Å²) in [5.74, 6) is -1.34. The number of nitrogens with one attached hydrogen (secondary N) is 1. The topological polar surface area (TPSA) is 81.7 Å². The first-order chi connectivity index (χ1) is 12.0. The van der Waals surface area contributed by atoms with Crippen molar-refractivity contribution in [3.63, 3.8) is 0 Å². The predicted octanol–water partition coefficient (Wildman–Crippen LogP) is 2.71. The van der Waals surface area contributed by atoms with Crippen LogP contribution >= 0.6 is 15.9 Å². The third kappa shape index (κ3) is 5.72. The molecular weight excluding hydrogens is 390 g/mol. The number of amides is 1. The zero-order chi connectivity index (χ0) is 18.2. The summed E-state index contributed by atoms with van der Waals surface area (Å²) in [6.07, 6.45) is 0. The lowest BCUT2D eigenvalue weighted by atomic mass is 10.1. The Morgan fingerprint density at radius 3 is 2.16 bits per heavy atom. The summed E-state index contributed by atoms with van der Waals surface area (Å²) in [5.41, 5.74) is 1.59. The first-order valence-electron chi connectivity index (χ1n) is 7.36. The van der Waals surface area contributed by atoms with Gasteiger partial charge >= 0.3 is 11.9 Å². The van der Waals surface area contributed by atoms with Gasteiger partial charge in [-0.2, -0.15) is 0 Å². The van der Waals surface area contributed by atoms with Crippen LogP contribution in [-0.2, 0) is 20.9 Å². The fourth-order valence-electron chi connectivity index (χ4n) is 1.93. The highest BCUT2D eigenvalue weighted by atomic mass is 79.9. The van der Waals surface area contributed by atoms with Gasteiger partial charge in [-0.15, -0.1) is 0 Å². The van der Waals surface area contributed by atoms with Crippen molar-refractivity contribution in [2.75, 3.05) is 13.7 Å². The summed E-state index contributed by atoms with van der Waals surface area (Å²) >= 11 is 3.28. The van der Waals surface area contributed by atoms with E-state index in [0.717, 1.165) is 10.0 Å². The maximum atomic E-state index is 11.9. The number of halogens is 1. The lowest BCUT2D eigenvalue weighted by Gasteiger charge is -2.07. The molecule has 0 heterocycles. The van der Waals surface area contributed by atoms with Crippen LogP contribution in [0.25, 0.3) is 0 Å². The molecule has 0 bridgehead atoms. The molecule has 0 fully saturated rings. The average Bonchev–Trinajstić information content (AvgIpc) is 2.64. The largest absolute Gasteiger partial charge is 0.465 e. The van der Waals surface area contributed by atoms with Gasteiger partial charge in [0.1, 0.15) is 13.2 Å². The Hall–Kier alpha value is -2.67. The van der Waals surface area contributed by atoms with Crippen molar-refractivity contribution in [2.24, 2.45) is 0 Å². The van der Waals surface area contributed by atoms with Crippen LogP contribution in [0.3, 0.4) is 0 Å². The smallest absolute Gasteiger partial charge is 0.337 e. The van der Waals surface area contributed by atoms with Crippen LogP contribution in [0.2, 0.25) is 0 Å². The van der Waals surface area contributed by atoms with E-state index in [4.69, 9.17) is 4.74 Å². The molecule has 6 nitrogen and oxygen atoms in total. The van der Waals surface area contributed by atoms with Crippen LogP contribution in [0.5, 0.6) is 0 Å². The molecule has 0 saturated heterocycles. The molecule has 130 valence electrons. The number of esters is 2. The molecule has 7 heteroatoms. The molecule has 0 saturated carbocycles. The second-order valence-electron chi connectivity index (χ2n) is 5.04. The normalized spacial score (nSPS) is 10.0. The third-order valence-corrected chi connectivity index (χ3v) is 3.80. The summed E-state index contributed by atoms with van der Waals surface area (Å²) in [7, 11) is 1.31. The molecule has 2 aromatic carbocycles. The number of methoxy groups -OCH3 is 1. The molecule has 0 aliphatic heterocycles. The van der Waals surface area contributed by atoms with Crippen molar-refractivity contribution in [1.82, 2.24) is 5.32 Å². The van der Waals surface area contributed by atoms with Gasteiger partial charge in [-0.1, -0.05) is 28.1 Å².